The standard InChI is InChI=1S/C4H12N2O.C2H7NO/c5-1-2-6-3-4-7;3-1-2-4/h6-7H,1-5H2;4H,1-3H2. The molecule has 0 aliphatic heterocycles. The van der Waals surface area contributed by atoms with E-state index in [1.54, 1.807) is 0 Å². The molecule has 0 atom stereocenters. The third kappa shape index (κ3) is 25.9. The summed E-state index contributed by atoms with van der Waals surface area (Å²) in [5, 5.41) is 18.8. The van der Waals surface area contributed by atoms with Gasteiger partial charge in [0, 0.05) is 26.2 Å². The normalized spacial score (nSPS) is 8.73. The van der Waals surface area contributed by atoms with Gasteiger partial charge in [0.25, 0.3) is 0 Å². The van der Waals surface area contributed by atoms with E-state index in [0.29, 0.717) is 19.6 Å². The topological polar surface area (TPSA) is 105 Å². The molecule has 0 radical (unpaired) electrons. The third-order valence-electron chi connectivity index (χ3n) is 0.739. The van der Waals surface area contributed by atoms with Gasteiger partial charge in [0.15, 0.2) is 0 Å². The molecule has 0 aromatic heterocycles. The molecule has 0 rings (SSSR count). The molecule has 0 saturated heterocycles. The lowest BCUT2D eigenvalue weighted by Crippen LogP contribution is -2.24. The lowest BCUT2D eigenvalue weighted by molar-refractivity contribution is 0.293. The fourth-order valence-corrected chi connectivity index (χ4v) is 0.306. The molecule has 0 bridgehead atoms. The van der Waals surface area contributed by atoms with Gasteiger partial charge < -0.3 is 27.0 Å². The predicted molar refractivity (Wildman–Crippen MR) is 45.2 cm³/mol. The quantitative estimate of drug-likeness (QED) is 0.289. The van der Waals surface area contributed by atoms with Crippen LogP contribution in [0.5, 0.6) is 0 Å². The van der Waals surface area contributed by atoms with E-state index in [1.807, 2.05) is 0 Å². The van der Waals surface area contributed by atoms with Crippen molar-refractivity contribution in [2.24, 2.45) is 11.5 Å². The van der Waals surface area contributed by atoms with Crippen LogP contribution in [0.15, 0.2) is 0 Å². The maximum atomic E-state index is 8.19. The van der Waals surface area contributed by atoms with Crippen LogP contribution in [0.2, 0.25) is 0 Å². The summed E-state index contributed by atoms with van der Waals surface area (Å²) in [7, 11) is 0. The van der Waals surface area contributed by atoms with Crippen LogP contribution in [-0.4, -0.2) is 49.6 Å². The van der Waals surface area contributed by atoms with Gasteiger partial charge in [-0.2, -0.15) is 0 Å². The van der Waals surface area contributed by atoms with Gasteiger partial charge >= 0.3 is 0 Å². The number of hydrogen-bond acceptors (Lipinski definition) is 5. The Balaban J connectivity index is 0. The number of rotatable bonds is 5. The minimum Gasteiger partial charge on any atom is -0.395 e. The lowest BCUT2D eigenvalue weighted by Gasteiger charge is -1.95. The molecule has 0 spiro atoms. The summed E-state index contributed by atoms with van der Waals surface area (Å²) in [4.78, 5) is 0. The molecule has 0 unspecified atom stereocenters. The summed E-state index contributed by atoms with van der Waals surface area (Å²) in [6, 6.07) is 0. The highest BCUT2D eigenvalue weighted by Crippen LogP contribution is 1.51. The third-order valence-corrected chi connectivity index (χ3v) is 0.739. The highest BCUT2D eigenvalue weighted by Gasteiger charge is 1.77. The average molecular weight is 165 g/mol. The summed E-state index contributed by atoms with van der Waals surface area (Å²) in [6.07, 6.45) is 0. The van der Waals surface area contributed by atoms with Crippen molar-refractivity contribution in [2.75, 3.05) is 39.4 Å². The van der Waals surface area contributed by atoms with E-state index in [9.17, 15) is 0 Å². The number of hydrogen-bond donors (Lipinski definition) is 5. The number of nitrogens with one attached hydrogen (secondary N) is 1. The lowest BCUT2D eigenvalue weighted by atomic mass is 10.6. The zero-order valence-corrected chi connectivity index (χ0v) is 6.79. The van der Waals surface area contributed by atoms with Crippen molar-refractivity contribution in [3.05, 3.63) is 0 Å². The van der Waals surface area contributed by atoms with E-state index >= 15 is 0 Å². The molecule has 0 aliphatic rings. The van der Waals surface area contributed by atoms with Crippen LogP contribution < -0.4 is 16.8 Å². The Morgan fingerprint density at radius 2 is 1.45 bits per heavy atom. The Morgan fingerprint density at radius 1 is 0.909 bits per heavy atom. The molecule has 0 aromatic rings. The summed E-state index contributed by atoms with van der Waals surface area (Å²) in [6.45, 7) is 2.75. The number of aliphatic hydroxyl groups is 2. The maximum Gasteiger partial charge on any atom is 0.0555 e. The van der Waals surface area contributed by atoms with Crippen LogP contribution in [0.1, 0.15) is 0 Å². The van der Waals surface area contributed by atoms with Crippen LogP contribution in [0.25, 0.3) is 0 Å². The molecule has 0 heterocycles. The molecule has 0 fully saturated rings. The SMILES string of the molecule is NCCNCCO.NCCO. The van der Waals surface area contributed by atoms with E-state index in [4.69, 9.17) is 21.7 Å². The predicted octanol–water partition coefficient (Wildman–Crippen LogP) is -2.54. The number of aliphatic hydroxyl groups excluding tert-OH is 2. The Labute approximate surface area is 67.4 Å². The Bertz CT molecular complexity index is 49.1. The van der Waals surface area contributed by atoms with Crippen molar-refractivity contribution < 1.29 is 10.2 Å². The van der Waals surface area contributed by atoms with Crippen LogP contribution >= 0.6 is 0 Å². The van der Waals surface area contributed by atoms with E-state index in [1.165, 1.54) is 0 Å². The van der Waals surface area contributed by atoms with Crippen LogP contribution in [0.4, 0.5) is 0 Å². The molecule has 11 heavy (non-hydrogen) atoms. The number of nitrogens with two attached hydrogens (primary N) is 2. The molecule has 0 saturated carbocycles. The van der Waals surface area contributed by atoms with E-state index in [0.717, 1.165) is 6.54 Å². The average Bonchev–Trinajstić information content (AvgIpc) is 2.06. The molecular formula is C6H19N3O2. The Kier molecular flexibility index (Phi) is 20.0. The first-order valence-electron chi connectivity index (χ1n) is 3.66. The minimum atomic E-state index is 0.0972. The highest BCUT2D eigenvalue weighted by atomic mass is 16.3. The summed E-state index contributed by atoms with van der Waals surface area (Å²) in [5.74, 6) is 0. The van der Waals surface area contributed by atoms with Crippen molar-refractivity contribution in [3.8, 4) is 0 Å². The van der Waals surface area contributed by atoms with Crippen LogP contribution in [0.3, 0.4) is 0 Å². The van der Waals surface area contributed by atoms with Crippen molar-refractivity contribution >= 4 is 0 Å². The first kappa shape index (κ1) is 13.4. The molecule has 0 aromatic carbocycles. The van der Waals surface area contributed by atoms with Gasteiger partial charge in [-0.05, 0) is 0 Å². The van der Waals surface area contributed by atoms with Crippen LogP contribution in [-0.2, 0) is 0 Å². The zero-order valence-electron chi connectivity index (χ0n) is 6.79. The summed E-state index contributed by atoms with van der Waals surface area (Å²) >= 11 is 0. The fraction of sp³-hybridized carbons (Fsp3) is 1.00. The van der Waals surface area contributed by atoms with Crippen molar-refractivity contribution in [2.45, 2.75) is 0 Å². The van der Waals surface area contributed by atoms with Gasteiger partial charge in [-0.3, -0.25) is 0 Å². The van der Waals surface area contributed by atoms with Gasteiger partial charge in [0.2, 0.25) is 0 Å². The molecule has 7 N–H and O–H groups in total. The first-order valence-corrected chi connectivity index (χ1v) is 3.66. The second-order valence-electron chi connectivity index (χ2n) is 1.77. The molecule has 0 aliphatic carbocycles. The zero-order chi connectivity index (χ0) is 8.95. The first-order chi connectivity index (χ1) is 5.33. The van der Waals surface area contributed by atoms with Gasteiger partial charge in [0.05, 0.1) is 13.2 Å². The second kappa shape index (κ2) is 16.4. The van der Waals surface area contributed by atoms with E-state index in [-0.39, 0.29) is 13.2 Å². The fourth-order valence-electron chi connectivity index (χ4n) is 0.306. The van der Waals surface area contributed by atoms with Crippen molar-refractivity contribution in [3.63, 3.8) is 0 Å². The molecule has 70 valence electrons. The van der Waals surface area contributed by atoms with Crippen molar-refractivity contribution in [1.29, 1.82) is 0 Å². The summed E-state index contributed by atoms with van der Waals surface area (Å²) < 4.78 is 0. The Hall–Kier alpha value is -0.200. The minimum absolute atomic E-state index is 0.0972. The molecule has 5 nitrogen and oxygen atoms in total. The summed E-state index contributed by atoms with van der Waals surface area (Å²) in [5.41, 5.74) is 9.90. The van der Waals surface area contributed by atoms with Crippen molar-refractivity contribution in [1.82, 2.24) is 5.32 Å². The largest absolute Gasteiger partial charge is 0.395 e. The van der Waals surface area contributed by atoms with Gasteiger partial charge in [0.1, 0.15) is 0 Å². The van der Waals surface area contributed by atoms with E-state index < -0.39 is 0 Å². The van der Waals surface area contributed by atoms with Gasteiger partial charge in [-0.25, -0.2) is 0 Å². The monoisotopic (exact) mass is 165 g/mol. The van der Waals surface area contributed by atoms with E-state index in [2.05, 4.69) is 5.32 Å². The maximum absolute atomic E-state index is 8.19. The van der Waals surface area contributed by atoms with Gasteiger partial charge in [-0.1, -0.05) is 0 Å². The van der Waals surface area contributed by atoms with Gasteiger partial charge in [-0.15, -0.1) is 0 Å². The molecular weight excluding hydrogens is 146 g/mol. The van der Waals surface area contributed by atoms with Crippen LogP contribution in [0, 0.1) is 0 Å². The molecule has 5 heteroatoms. The highest BCUT2D eigenvalue weighted by molar-refractivity contribution is 4.42. The Morgan fingerprint density at radius 3 is 1.73 bits per heavy atom. The smallest absolute Gasteiger partial charge is 0.0555 e. The molecule has 0 amide bonds. The second-order valence-corrected chi connectivity index (χ2v) is 1.77.